The van der Waals surface area contributed by atoms with Crippen molar-refractivity contribution in [1.82, 2.24) is 30.8 Å². The number of H-pyrrole nitrogens is 1. The summed E-state index contributed by atoms with van der Waals surface area (Å²) in [6.45, 7) is 0.627. The summed E-state index contributed by atoms with van der Waals surface area (Å²) in [5.41, 5.74) is 2.22. The molecule has 1 aromatic heterocycles. The predicted molar refractivity (Wildman–Crippen MR) is 74.2 cm³/mol. The SMILES string of the molecule is Fc1cc(F)c2c(c1)CC(N1CNC=C1c1nn[nH]n1)CC2. The van der Waals surface area contributed by atoms with Crippen LogP contribution in [-0.4, -0.2) is 38.2 Å². The fourth-order valence-electron chi connectivity index (χ4n) is 3.25. The maximum absolute atomic E-state index is 13.8. The number of fused-ring (bicyclic) bond motifs is 1. The van der Waals surface area contributed by atoms with Crippen molar-refractivity contribution >= 4 is 5.70 Å². The highest BCUT2D eigenvalue weighted by Gasteiger charge is 2.31. The van der Waals surface area contributed by atoms with E-state index in [9.17, 15) is 8.78 Å². The molecule has 1 aliphatic carbocycles. The van der Waals surface area contributed by atoms with Crippen molar-refractivity contribution in [2.24, 2.45) is 0 Å². The Hall–Kier alpha value is -2.51. The van der Waals surface area contributed by atoms with E-state index in [1.165, 1.54) is 6.07 Å². The van der Waals surface area contributed by atoms with Gasteiger partial charge in [-0.05, 0) is 41.7 Å². The van der Waals surface area contributed by atoms with E-state index in [0.29, 0.717) is 30.9 Å². The highest BCUT2D eigenvalue weighted by molar-refractivity contribution is 5.59. The van der Waals surface area contributed by atoms with E-state index in [1.54, 1.807) is 0 Å². The number of hydrogen-bond donors (Lipinski definition) is 2. The summed E-state index contributed by atoms with van der Waals surface area (Å²) >= 11 is 0. The van der Waals surface area contributed by atoms with E-state index >= 15 is 0 Å². The van der Waals surface area contributed by atoms with Gasteiger partial charge in [0.1, 0.15) is 17.3 Å². The molecule has 2 aromatic rings. The van der Waals surface area contributed by atoms with Crippen molar-refractivity contribution in [2.45, 2.75) is 25.3 Å². The van der Waals surface area contributed by atoms with E-state index in [2.05, 4.69) is 30.8 Å². The van der Waals surface area contributed by atoms with Crippen LogP contribution in [0, 0.1) is 11.6 Å². The van der Waals surface area contributed by atoms with Crippen LogP contribution in [0.1, 0.15) is 23.4 Å². The van der Waals surface area contributed by atoms with Gasteiger partial charge in [0.05, 0.1) is 6.67 Å². The van der Waals surface area contributed by atoms with Gasteiger partial charge in [0.2, 0.25) is 5.82 Å². The van der Waals surface area contributed by atoms with Crippen LogP contribution in [0.3, 0.4) is 0 Å². The van der Waals surface area contributed by atoms with Gasteiger partial charge in [-0.15, -0.1) is 10.2 Å². The van der Waals surface area contributed by atoms with Crippen LogP contribution >= 0.6 is 0 Å². The molecule has 0 bridgehead atoms. The molecule has 1 atom stereocenters. The molecule has 1 aliphatic heterocycles. The van der Waals surface area contributed by atoms with Crippen LogP contribution in [0.4, 0.5) is 8.78 Å². The van der Waals surface area contributed by atoms with Gasteiger partial charge in [-0.1, -0.05) is 0 Å². The zero-order chi connectivity index (χ0) is 15.1. The Kier molecular flexibility index (Phi) is 3.02. The van der Waals surface area contributed by atoms with Crippen molar-refractivity contribution in [3.63, 3.8) is 0 Å². The zero-order valence-electron chi connectivity index (χ0n) is 11.7. The Morgan fingerprint density at radius 1 is 1.27 bits per heavy atom. The smallest absolute Gasteiger partial charge is 0.222 e. The molecule has 0 radical (unpaired) electrons. The molecule has 1 unspecified atom stereocenters. The molecule has 0 amide bonds. The number of nitrogens with one attached hydrogen (secondary N) is 2. The Morgan fingerprint density at radius 2 is 2.18 bits per heavy atom. The minimum Gasteiger partial charge on any atom is -0.372 e. The van der Waals surface area contributed by atoms with Gasteiger partial charge >= 0.3 is 0 Å². The van der Waals surface area contributed by atoms with Crippen LogP contribution in [0.25, 0.3) is 5.70 Å². The van der Waals surface area contributed by atoms with Gasteiger partial charge < -0.3 is 10.2 Å². The minimum atomic E-state index is -0.523. The van der Waals surface area contributed by atoms with Gasteiger partial charge in [0, 0.05) is 18.3 Å². The fraction of sp³-hybridized carbons (Fsp3) is 0.357. The van der Waals surface area contributed by atoms with Crippen LogP contribution in [0.15, 0.2) is 18.3 Å². The largest absolute Gasteiger partial charge is 0.372 e. The van der Waals surface area contributed by atoms with E-state index in [4.69, 9.17) is 0 Å². The highest BCUT2D eigenvalue weighted by atomic mass is 19.1. The summed E-state index contributed by atoms with van der Waals surface area (Å²) in [6.07, 6.45) is 3.84. The Labute approximate surface area is 125 Å². The highest BCUT2D eigenvalue weighted by Crippen LogP contribution is 2.31. The predicted octanol–water partition coefficient (Wildman–Crippen LogP) is 1.20. The van der Waals surface area contributed by atoms with E-state index in [0.717, 1.165) is 23.7 Å². The minimum absolute atomic E-state index is 0.147. The first-order valence-corrected chi connectivity index (χ1v) is 7.13. The molecule has 2 heterocycles. The van der Waals surface area contributed by atoms with Crippen molar-refractivity contribution in [3.8, 4) is 0 Å². The molecule has 22 heavy (non-hydrogen) atoms. The Morgan fingerprint density at radius 3 is 3.00 bits per heavy atom. The number of nitrogens with zero attached hydrogens (tertiary/aromatic N) is 4. The number of tetrazole rings is 1. The number of aromatic nitrogens is 4. The van der Waals surface area contributed by atoms with Crippen LogP contribution in [0.2, 0.25) is 0 Å². The molecule has 0 spiro atoms. The van der Waals surface area contributed by atoms with Crippen LogP contribution < -0.4 is 5.32 Å². The molecule has 0 saturated heterocycles. The summed E-state index contributed by atoms with van der Waals surface area (Å²) in [4.78, 5) is 2.12. The molecule has 114 valence electrons. The normalized spacial score (nSPS) is 20.5. The van der Waals surface area contributed by atoms with Crippen LogP contribution in [0.5, 0.6) is 0 Å². The lowest BCUT2D eigenvalue weighted by atomic mass is 9.87. The third-order valence-corrected chi connectivity index (χ3v) is 4.26. The van der Waals surface area contributed by atoms with Gasteiger partial charge in [-0.2, -0.15) is 5.21 Å². The quantitative estimate of drug-likeness (QED) is 0.872. The summed E-state index contributed by atoms with van der Waals surface area (Å²) < 4.78 is 27.3. The van der Waals surface area contributed by atoms with Crippen molar-refractivity contribution < 1.29 is 8.78 Å². The van der Waals surface area contributed by atoms with Crippen molar-refractivity contribution in [3.05, 3.63) is 46.9 Å². The van der Waals surface area contributed by atoms with Gasteiger partial charge in [-0.3, -0.25) is 0 Å². The zero-order valence-corrected chi connectivity index (χ0v) is 11.7. The average Bonchev–Trinajstić information content (AvgIpc) is 3.17. The Balaban J connectivity index is 1.61. The molecular formula is C14H14F2N6. The summed E-state index contributed by atoms with van der Waals surface area (Å²) in [7, 11) is 0. The number of benzene rings is 1. The number of aromatic amines is 1. The summed E-state index contributed by atoms with van der Waals surface area (Å²) in [6, 6.07) is 2.54. The van der Waals surface area contributed by atoms with Gasteiger partial charge in [0.15, 0.2) is 0 Å². The summed E-state index contributed by atoms with van der Waals surface area (Å²) in [5, 5.41) is 17.2. The first kappa shape index (κ1) is 13.2. The molecular weight excluding hydrogens is 290 g/mol. The topological polar surface area (TPSA) is 69.7 Å². The van der Waals surface area contributed by atoms with E-state index < -0.39 is 11.6 Å². The molecule has 6 nitrogen and oxygen atoms in total. The number of hydrogen-bond acceptors (Lipinski definition) is 5. The maximum Gasteiger partial charge on any atom is 0.222 e. The molecule has 1 aromatic carbocycles. The molecule has 2 aliphatic rings. The molecule has 8 heteroatoms. The lowest BCUT2D eigenvalue weighted by Gasteiger charge is -2.34. The lowest BCUT2D eigenvalue weighted by Crippen LogP contribution is -2.39. The first-order valence-electron chi connectivity index (χ1n) is 7.13. The number of rotatable bonds is 2. The van der Waals surface area contributed by atoms with Crippen LogP contribution in [-0.2, 0) is 12.8 Å². The standard InChI is InChI=1S/C14H14F2N6/c15-9-3-8-4-10(1-2-11(8)12(16)5-9)22-7-17-6-13(22)14-18-20-21-19-14/h3,5-6,10,17H,1-2,4,7H2,(H,18,19,20,21). The fourth-order valence-corrected chi connectivity index (χ4v) is 3.25. The molecule has 0 saturated carbocycles. The first-order chi connectivity index (χ1) is 10.7. The number of halogens is 2. The molecule has 2 N–H and O–H groups in total. The van der Waals surface area contributed by atoms with E-state index in [1.807, 2.05) is 6.20 Å². The van der Waals surface area contributed by atoms with Crippen molar-refractivity contribution in [2.75, 3.05) is 6.67 Å². The van der Waals surface area contributed by atoms with E-state index in [-0.39, 0.29) is 6.04 Å². The Bertz CT molecular complexity index is 727. The third-order valence-electron chi connectivity index (χ3n) is 4.26. The second-order valence-corrected chi connectivity index (χ2v) is 5.52. The second-order valence-electron chi connectivity index (χ2n) is 5.52. The molecule has 4 rings (SSSR count). The van der Waals surface area contributed by atoms with Gasteiger partial charge in [0.25, 0.3) is 0 Å². The average molecular weight is 304 g/mol. The van der Waals surface area contributed by atoms with Gasteiger partial charge in [-0.25, -0.2) is 8.78 Å². The molecule has 0 fully saturated rings. The monoisotopic (exact) mass is 304 g/mol. The maximum atomic E-state index is 13.8. The lowest BCUT2D eigenvalue weighted by molar-refractivity contribution is 0.272. The second kappa shape index (κ2) is 5.04. The summed E-state index contributed by atoms with van der Waals surface area (Å²) in [5.74, 6) is -0.450. The third kappa shape index (κ3) is 2.11. The van der Waals surface area contributed by atoms with Crippen molar-refractivity contribution in [1.29, 1.82) is 0 Å².